The number of carbonyl (C=O) groups excluding carboxylic acids is 1. The Bertz CT molecular complexity index is 1110. The first-order valence-corrected chi connectivity index (χ1v) is 8.99. The number of carbonyl (C=O) groups is 1. The third-order valence-electron chi connectivity index (χ3n) is 3.79. The molecule has 0 fully saturated rings. The lowest BCUT2D eigenvalue weighted by Gasteiger charge is -2.05. The average molecular weight is 381 g/mol. The Kier molecular flexibility index (Phi) is 4.47. The third kappa shape index (κ3) is 3.22. The van der Waals surface area contributed by atoms with Gasteiger partial charge in [-0.05, 0) is 25.5 Å². The van der Waals surface area contributed by atoms with Gasteiger partial charge in [-0.25, -0.2) is 29.4 Å². The first-order chi connectivity index (χ1) is 13.2. The standard InChI is InChI=1S/C17H15N7O2S/c1-3-26-16(25)13-10(2)12-14(20-9-21-15(12)27-13)23-11-7-22-24(8-11)17-18-5-4-6-19-17/h4-9H,3H2,1-2H3,(H,20,21,23). The molecular weight excluding hydrogens is 366 g/mol. The number of thiophene rings is 1. The highest BCUT2D eigenvalue weighted by Crippen LogP contribution is 2.34. The van der Waals surface area contributed by atoms with Crippen molar-refractivity contribution < 1.29 is 9.53 Å². The predicted molar refractivity (Wildman–Crippen MR) is 101 cm³/mol. The summed E-state index contributed by atoms with van der Waals surface area (Å²) in [6.45, 7) is 3.96. The van der Waals surface area contributed by atoms with Crippen LogP contribution in [0.4, 0.5) is 11.5 Å². The minimum atomic E-state index is -0.349. The normalized spacial score (nSPS) is 10.9. The van der Waals surface area contributed by atoms with Crippen molar-refractivity contribution in [1.82, 2.24) is 29.7 Å². The van der Waals surface area contributed by atoms with E-state index in [-0.39, 0.29) is 5.97 Å². The molecule has 10 heteroatoms. The van der Waals surface area contributed by atoms with Gasteiger partial charge in [0.15, 0.2) is 0 Å². The van der Waals surface area contributed by atoms with Crippen molar-refractivity contribution in [2.75, 3.05) is 11.9 Å². The van der Waals surface area contributed by atoms with Crippen LogP contribution in [0.3, 0.4) is 0 Å². The largest absolute Gasteiger partial charge is 0.462 e. The number of anilines is 2. The summed E-state index contributed by atoms with van der Waals surface area (Å²) < 4.78 is 6.69. The van der Waals surface area contributed by atoms with Crippen LogP contribution >= 0.6 is 11.3 Å². The molecule has 0 aliphatic heterocycles. The van der Waals surface area contributed by atoms with E-state index in [1.165, 1.54) is 17.7 Å². The predicted octanol–water partition coefficient (Wildman–Crippen LogP) is 2.90. The molecule has 0 saturated carbocycles. The Morgan fingerprint density at radius 3 is 2.85 bits per heavy atom. The molecule has 0 aliphatic carbocycles. The minimum Gasteiger partial charge on any atom is -0.462 e. The molecule has 0 bridgehead atoms. The van der Waals surface area contributed by atoms with Crippen molar-refractivity contribution in [3.63, 3.8) is 0 Å². The van der Waals surface area contributed by atoms with Crippen LogP contribution in [0.25, 0.3) is 16.2 Å². The maximum atomic E-state index is 12.2. The smallest absolute Gasteiger partial charge is 0.348 e. The minimum absolute atomic E-state index is 0.323. The molecule has 4 aromatic rings. The van der Waals surface area contributed by atoms with Gasteiger partial charge in [-0.1, -0.05) is 0 Å². The zero-order valence-electron chi connectivity index (χ0n) is 14.6. The van der Waals surface area contributed by atoms with Crippen LogP contribution in [0.15, 0.2) is 37.2 Å². The van der Waals surface area contributed by atoms with Crippen LogP contribution < -0.4 is 5.32 Å². The van der Waals surface area contributed by atoms with Gasteiger partial charge in [0.05, 0.1) is 30.1 Å². The molecule has 0 aliphatic rings. The number of ether oxygens (including phenoxy) is 1. The summed E-state index contributed by atoms with van der Waals surface area (Å²) in [6.07, 6.45) is 8.17. The fraction of sp³-hybridized carbons (Fsp3) is 0.176. The fourth-order valence-corrected chi connectivity index (χ4v) is 3.64. The van der Waals surface area contributed by atoms with Crippen LogP contribution in [-0.4, -0.2) is 42.3 Å². The number of aryl methyl sites for hydroxylation is 1. The summed E-state index contributed by atoms with van der Waals surface area (Å²) >= 11 is 1.29. The van der Waals surface area contributed by atoms with Crippen LogP contribution in [-0.2, 0) is 4.74 Å². The van der Waals surface area contributed by atoms with Gasteiger partial charge in [-0.15, -0.1) is 11.3 Å². The fourth-order valence-electron chi connectivity index (χ4n) is 2.60. The molecule has 0 saturated heterocycles. The zero-order valence-corrected chi connectivity index (χ0v) is 15.4. The molecule has 0 unspecified atom stereocenters. The van der Waals surface area contributed by atoms with E-state index >= 15 is 0 Å². The van der Waals surface area contributed by atoms with Crippen molar-refractivity contribution in [2.45, 2.75) is 13.8 Å². The summed E-state index contributed by atoms with van der Waals surface area (Å²) in [5.41, 5.74) is 1.50. The summed E-state index contributed by atoms with van der Waals surface area (Å²) in [4.78, 5) is 30.3. The second-order valence-electron chi connectivity index (χ2n) is 5.53. The summed E-state index contributed by atoms with van der Waals surface area (Å²) in [6, 6.07) is 1.74. The number of rotatable bonds is 5. The van der Waals surface area contributed by atoms with Gasteiger partial charge in [0.2, 0.25) is 5.95 Å². The number of nitrogens with zero attached hydrogens (tertiary/aromatic N) is 6. The monoisotopic (exact) mass is 381 g/mol. The zero-order chi connectivity index (χ0) is 18.8. The van der Waals surface area contributed by atoms with E-state index in [1.807, 2.05) is 6.92 Å². The Morgan fingerprint density at radius 1 is 1.26 bits per heavy atom. The number of aromatic nitrogens is 6. The van der Waals surface area contributed by atoms with Crippen LogP contribution in [0.1, 0.15) is 22.2 Å². The van der Waals surface area contributed by atoms with E-state index in [4.69, 9.17) is 4.74 Å². The topological polar surface area (TPSA) is 108 Å². The quantitative estimate of drug-likeness (QED) is 0.526. The lowest BCUT2D eigenvalue weighted by atomic mass is 10.2. The van der Waals surface area contributed by atoms with E-state index in [2.05, 4.69) is 30.4 Å². The molecule has 4 heterocycles. The first-order valence-electron chi connectivity index (χ1n) is 8.17. The number of hydrogen-bond donors (Lipinski definition) is 1. The molecule has 0 aromatic carbocycles. The molecule has 136 valence electrons. The highest BCUT2D eigenvalue weighted by Gasteiger charge is 2.20. The molecule has 27 heavy (non-hydrogen) atoms. The average Bonchev–Trinajstić information content (AvgIpc) is 3.28. The SMILES string of the molecule is CCOC(=O)c1sc2ncnc(Nc3cnn(-c4ncccn4)c3)c2c1C. The van der Waals surface area contributed by atoms with E-state index in [0.717, 1.165) is 10.9 Å². The first kappa shape index (κ1) is 17.0. The van der Waals surface area contributed by atoms with Crippen molar-refractivity contribution in [3.05, 3.63) is 47.6 Å². The molecule has 0 radical (unpaired) electrons. The van der Waals surface area contributed by atoms with Gasteiger partial charge in [0.1, 0.15) is 21.9 Å². The van der Waals surface area contributed by atoms with Crippen LogP contribution in [0, 0.1) is 6.92 Å². The Balaban J connectivity index is 1.68. The van der Waals surface area contributed by atoms with Crippen molar-refractivity contribution in [2.24, 2.45) is 0 Å². The second-order valence-corrected chi connectivity index (χ2v) is 6.53. The molecule has 4 aromatic heterocycles. The molecule has 0 atom stereocenters. The second kappa shape index (κ2) is 7.08. The van der Waals surface area contributed by atoms with Gasteiger partial charge in [0, 0.05) is 12.4 Å². The van der Waals surface area contributed by atoms with Crippen molar-refractivity contribution >= 4 is 39.0 Å². The van der Waals surface area contributed by atoms with Crippen molar-refractivity contribution in [1.29, 1.82) is 0 Å². The van der Waals surface area contributed by atoms with E-state index in [1.54, 1.807) is 42.5 Å². The van der Waals surface area contributed by atoms with Gasteiger partial charge < -0.3 is 10.1 Å². The Labute approximate surface area is 158 Å². The third-order valence-corrected chi connectivity index (χ3v) is 4.97. The van der Waals surface area contributed by atoms with Gasteiger partial charge >= 0.3 is 5.97 Å². The van der Waals surface area contributed by atoms with E-state index < -0.39 is 0 Å². The van der Waals surface area contributed by atoms with Crippen LogP contribution in [0.2, 0.25) is 0 Å². The van der Waals surface area contributed by atoms with Gasteiger partial charge in [-0.2, -0.15) is 5.10 Å². The van der Waals surface area contributed by atoms with Gasteiger partial charge in [-0.3, -0.25) is 0 Å². The number of hydrogen-bond acceptors (Lipinski definition) is 9. The lowest BCUT2D eigenvalue weighted by molar-refractivity contribution is 0.0531. The molecular formula is C17H15N7O2S. The Morgan fingerprint density at radius 2 is 2.07 bits per heavy atom. The maximum absolute atomic E-state index is 12.2. The van der Waals surface area contributed by atoms with Gasteiger partial charge in [0.25, 0.3) is 0 Å². The summed E-state index contributed by atoms with van der Waals surface area (Å²) in [5.74, 6) is 0.713. The summed E-state index contributed by atoms with van der Waals surface area (Å²) in [5, 5.41) is 8.27. The highest BCUT2D eigenvalue weighted by atomic mass is 32.1. The number of nitrogens with one attached hydrogen (secondary N) is 1. The number of fused-ring (bicyclic) bond motifs is 1. The lowest BCUT2D eigenvalue weighted by Crippen LogP contribution is -2.03. The van der Waals surface area contributed by atoms with Crippen molar-refractivity contribution in [3.8, 4) is 5.95 Å². The van der Waals surface area contributed by atoms with E-state index in [0.29, 0.717) is 33.8 Å². The highest BCUT2D eigenvalue weighted by molar-refractivity contribution is 7.20. The molecule has 0 amide bonds. The molecule has 1 N–H and O–H groups in total. The van der Waals surface area contributed by atoms with Crippen LogP contribution in [0.5, 0.6) is 0 Å². The number of esters is 1. The maximum Gasteiger partial charge on any atom is 0.348 e. The molecule has 9 nitrogen and oxygen atoms in total. The van der Waals surface area contributed by atoms with E-state index in [9.17, 15) is 4.79 Å². The summed E-state index contributed by atoms with van der Waals surface area (Å²) in [7, 11) is 0. The molecule has 0 spiro atoms. The molecule has 4 rings (SSSR count). The Hall–Kier alpha value is -3.40.